The number of hydrogen-bond acceptors (Lipinski definition) is 3. The van der Waals surface area contributed by atoms with Gasteiger partial charge in [0.2, 0.25) is 0 Å². The Hall–Kier alpha value is -1.87. The summed E-state index contributed by atoms with van der Waals surface area (Å²) in [5.74, 6) is -0.586. The van der Waals surface area contributed by atoms with E-state index in [9.17, 15) is 9.90 Å². The molecule has 1 aromatic rings. The summed E-state index contributed by atoms with van der Waals surface area (Å²) in [6, 6.07) is 9.81. The maximum atomic E-state index is 12.1. The van der Waals surface area contributed by atoms with Crippen molar-refractivity contribution in [3.8, 4) is 0 Å². The summed E-state index contributed by atoms with van der Waals surface area (Å²) in [6.07, 6.45) is 6.99. The second kappa shape index (κ2) is 6.53. The molecule has 3 heteroatoms. The molecule has 0 radical (unpaired) electrons. The standard InChI is InChI=1S/C17H20O3/c1-2-3-12-17(19,15-9-10-15)16(18)20-13-11-14-7-5-4-6-8-14/h2-8,12,15,19H,1,9-11,13H2/b12-3+. The van der Waals surface area contributed by atoms with Crippen LogP contribution in [0.25, 0.3) is 0 Å². The maximum absolute atomic E-state index is 12.1. The Morgan fingerprint density at radius 3 is 2.70 bits per heavy atom. The molecule has 0 aliphatic heterocycles. The zero-order valence-corrected chi connectivity index (χ0v) is 11.5. The molecule has 0 spiro atoms. The Morgan fingerprint density at radius 2 is 2.10 bits per heavy atom. The SMILES string of the molecule is C=C/C=C/C(O)(C(=O)OCCc1ccccc1)C1CC1. The number of carbonyl (C=O) groups excluding carboxylic acids is 1. The van der Waals surface area contributed by atoms with Crippen molar-refractivity contribution in [2.45, 2.75) is 24.9 Å². The third-order valence-corrected chi connectivity index (χ3v) is 3.48. The minimum atomic E-state index is -1.50. The van der Waals surface area contributed by atoms with Crippen LogP contribution in [0.5, 0.6) is 0 Å². The summed E-state index contributed by atoms with van der Waals surface area (Å²) in [5.41, 5.74) is -0.387. The lowest BCUT2D eigenvalue weighted by Crippen LogP contribution is -2.40. The largest absolute Gasteiger partial charge is 0.463 e. The van der Waals surface area contributed by atoms with Crippen LogP contribution in [0.3, 0.4) is 0 Å². The molecule has 1 saturated carbocycles. The first-order valence-corrected chi connectivity index (χ1v) is 6.90. The highest BCUT2D eigenvalue weighted by Gasteiger charge is 2.48. The average molecular weight is 272 g/mol. The van der Waals surface area contributed by atoms with Gasteiger partial charge >= 0.3 is 5.97 Å². The second-order valence-electron chi connectivity index (χ2n) is 5.07. The van der Waals surface area contributed by atoms with Gasteiger partial charge in [-0.3, -0.25) is 0 Å². The number of aliphatic hydroxyl groups is 1. The van der Waals surface area contributed by atoms with Crippen LogP contribution in [0.15, 0.2) is 55.1 Å². The minimum Gasteiger partial charge on any atom is -0.463 e. The van der Waals surface area contributed by atoms with E-state index in [1.54, 1.807) is 12.2 Å². The number of ether oxygens (including phenoxy) is 1. The molecule has 0 saturated heterocycles. The first-order chi connectivity index (χ1) is 9.66. The third kappa shape index (κ3) is 3.58. The summed E-state index contributed by atoms with van der Waals surface area (Å²) >= 11 is 0. The smallest absolute Gasteiger partial charge is 0.342 e. The van der Waals surface area contributed by atoms with Crippen LogP contribution in [-0.4, -0.2) is 23.3 Å². The Bertz CT molecular complexity index is 488. The number of benzene rings is 1. The predicted octanol–water partition coefficient (Wildman–Crippen LogP) is 2.66. The number of allylic oxidation sites excluding steroid dienone is 2. The van der Waals surface area contributed by atoms with Gasteiger partial charge in [-0.05, 0) is 24.5 Å². The minimum absolute atomic E-state index is 0.0251. The quantitative estimate of drug-likeness (QED) is 0.613. The van der Waals surface area contributed by atoms with Crippen LogP contribution in [0, 0.1) is 5.92 Å². The van der Waals surface area contributed by atoms with Gasteiger partial charge in [-0.1, -0.05) is 49.1 Å². The molecule has 1 aliphatic carbocycles. The van der Waals surface area contributed by atoms with E-state index in [-0.39, 0.29) is 12.5 Å². The topological polar surface area (TPSA) is 46.5 Å². The highest BCUT2D eigenvalue weighted by Crippen LogP contribution is 2.41. The number of hydrogen-bond donors (Lipinski definition) is 1. The molecular weight excluding hydrogens is 252 g/mol. The average Bonchev–Trinajstić information content (AvgIpc) is 3.30. The predicted molar refractivity (Wildman–Crippen MR) is 78.1 cm³/mol. The van der Waals surface area contributed by atoms with Crippen molar-refractivity contribution in [1.82, 2.24) is 0 Å². The molecule has 0 bridgehead atoms. The Kier molecular flexibility index (Phi) is 4.74. The molecule has 106 valence electrons. The van der Waals surface area contributed by atoms with Gasteiger partial charge in [0, 0.05) is 12.3 Å². The Labute approximate surface area is 119 Å². The van der Waals surface area contributed by atoms with E-state index in [0.717, 1.165) is 18.4 Å². The van der Waals surface area contributed by atoms with Gasteiger partial charge in [-0.15, -0.1) is 0 Å². The lowest BCUT2D eigenvalue weighted by atomic mass is 9.97. The molecule has 20 heavy (non-hydrogen) atoms. The monoisotopic (exact) mass is 272 g/mol. The van der Waals surface area contributed by atoms with E-state index in [0.29, 0.717) is 6.42 Å². The fourth-order valence-electron chi connectivity index (χ4n) is 2.13. The third-order valence-electron chi connectivity index (χ3n) is 3.48. The van der Waals surface area contributed by atoms with Crippen LogP contribution in [0.2, 0.25) is 0 Å². The van der Waals surface area contributed by atoms with Gasteiger partial charge < -0.3 is 9.84 Å². The van der Waals surface area contributed by atoms with E-state index in [1.807, 2.05) is 30.3 Å². The molecule has 3 nitrogen and oxygen atoms in total. The van der Waals surface area contributed by atoms with Crippen molar-refractivity contribution in [1.29, 1.82) is 0 Å². The Morgan fingerprint density at radius 1 is 1.40 bits per heavy atom. The van der Waals surface area contributed by atoms with Gasteiger partial charge in [-0.2, -0.15) is 0 Å². The molecule has 2 rings (SSSR count). The fourth-order valence-corrected chi connectivity index (χ4v) is 2.13. The highest BCUT2D eigenvalue weighted by molar-refractivity contribution is 5.82. The van der Waals surface area contributed by atoms with Gasteiger partial charge in [0.1, 0.15) is 0 Å². The molecule has 1 atom stereocenters. The molecule has 1 N–H and O–H groups in total. The van der Waals surface area contributed by atoms with E-state index < -0.39 is 11.6 Å². The lowest BCUT2D eigenvalue weighted by molar-refractivity contribution is -0.162. The van der Waals surface area contributed by atoms with Crippen molar-refractivity contribution in [3.05, 3.63) is 60.7 Å². The normalized spacial score (nSPS) is 17.6. The van der Waals surface area contributed by atoms with Gasteiger partial charge in [0.25, 0.3) is 0 Å². The Balaban J connectivity index is 1.89. The van der Waals surface area contributed by atoms with Crippen molar-refractivity contribution >= 4 is 5.97 Å². The molecule has 0 amide bonds. The number of esters is 1. The summed E-state index contributed by atoms with van der Waals surface area (Å²) < 4.78 is 5.23. The number of carbonyl (C=O) groups is 1. The zero-order valence-electron chi connectivity index (χ0n) is 11.5. The van der Waals surface area contributed by atoms with Crippen LogP contribution < -0.4 is 0 Å². The first kappa shape index (κ1) is 14.5. The van der Waals surface area contributed by atoms with Crippen molar-refractivity contribution in [3.63, 3.8) is 0 Å². The molecule has 1 unspecified atom stereocenters. The number of rotatable bonds is 7. The summed E-state index contributed by atoms with van der Waals surface area (Å²) in [7, 11) is 0. The van der Waals surface area contributed by atoms with Crippen LogP contribution in [0.1, 0.15) is 18.4 Å². The molecule has 0 aromatic heterocycles. The summed E-state index contributed by atoms with van der Waals surface area (Å²) in [4.78, 5) is 12.1. The van der Waals surface area contributed by atoms with E-state index in [1.165, 1.54) is 6.08 Å². The van der Waals surface area contributed by atoms with Gasteiger partial charge in [0.05, 0.1) is 6.61 Å². The molecule has 1 aliphatic rings. The van der Waals surface area contributed by atoms with Crippen LogP contribution >= 0.6 is 0 Å². The molecule has 1 fully saturated rings. The van der Waals surface area contributed by atoms with Crippen molar-refractivity contribution < 1.29 is 14.6 Å². The van der Waals surface area contributed by atoms with Crippen molar-refractivity contribution in [2.24, 2.45) is 5.92 Å². The van der Waals surface area contributed by atoms with Crippen molar-refractivity contribution in [2.75, 3.05) is 6.61 Å². The first-order valence-electron chi connectivity index (χ1n) is 6.90. The summed E-state index contributed by atoms with van der Waals surface area (Å²) in [5, 5.41) is 10.4. The summed E-state index contributed by atoms with van der Waals surface area (Å²) in [6.45, 7) is 3.83. The van der Waals surface area contributed by atoms with Crippen LogP contribution in [-0.2, 0) is 16.0 Å². The lowest BCUT2D eigenvalue weighted by Gasteiger charge is -2.22. The maximum Gasteiger partial charge on any atom is 0.342 e. The van der Waals surface area contributed by atoms with Gasteiger partial charge in [-0.25, -0.2) is 4.79 Å². The second-order valence-corrected chi connectivity index (χ2v) is 5.07. The fraction of sp³-hybridized carbons (Fsp3) is 0.353. The van der Waals surface area contributed by atoms with E-state index in [4.69, 9.17) is 4.74 Å². The van der Waals surface area contributed by atoms with Crippen LogP contribution in [0.4, 0.5) is 0 Å². The molecule has 1 aromatic carbocycles. The van der Waals surface area contributed by atoms with E-state index >= 15 is 0 Å². The zero-order chi connectivity index (χ0) is 14.4. The molecular formula is C17H20O3. The van der Waals surface area contributed by atoms with Gasteiger partial charge in [0.15, 0.2) is 5.60 Å². The van der Waals surface area contributed by atoms with E-state index in [2.05, 4.69) is 6.58 Å². The molecule has 0 heterocycles. The highest BCUT2D eigenvalue weighted by atomic mass is 16.5.